The second-order valence-corrected chi connectivity index (χ2v) is 7.27. The maximum absolute atomic E-state index is 12.8. The molecule has 0 aliphatic carbocycles. The van der Waals surface area contributed by atoms with Gasteiger partial charge >= 0.3 is 6.18 Å². The maximum atomic E-state index is 12.8. The number of nitrogens with one attached hydrogen (secondary N) is 2. The molecule has 0 radical (unpaired) electrons. The highest BCUT2D eigenvalue weighted by atomic mass is 19.4. The summed E-state index contributed by atoms with van der Waals surface area (Å²) in [5, 5.41) is 26.7. The SMILES string of the molecule is O=C(NC[C@H]1OC[C@H](Nc2cncc(C(F)(F)F)n2)[C@@H](O)[C@H]1O)c1ccc2occc2c1. The van der Waals surface area contributed by atoms with Crippen LogP contribution in [0.1, 0.15) is 16.1 Å². The van der Waals surface area contributed by atoms with Gasteiger partial charge in [0.2, 0.25) is 0 Å². The molecule has 1 aromatic carbocycles. The van der Waals surface area contributed by atoms with Crippen molar-refractivity contribution in [2.75, 3.05) is 18.5 Å². The van der Waals surface area contributed by atoms with Gasteiger partial charge in [0.25, 0.3) is 5.91 Å². The summed E-state index contributed by atoms with van der Waals surface area (Å²) in [6.07, 6.45) is -5.22. The van der Waals surface area contributed by atoms with E-state index in [9.17, 15) is 28.2 Å². The van der Waals surface area contributed by atoms with Gasteiger partial charge in [-0.05, 0) is 24.3 Å². The van der Waals surface area contributed by atoms with Gasteiger partial charge in [-0.15, -0.1) is 0 Å². The van der Waals surface area contributed by atoms with Crippen molar-refractivity contribution in [3.8, 4) is 0 Å². The van der Waals surface area contributed by atoms with E-state index in [1.54, 1.807) is 24.3 Å². The number of anilines is 1. The number of aliphatic hydroxyl groups excluding tert-OH is 2. The molecular weight excluding hydrogens is 433 g/mol. The third-order valence-corrected chi connectivity index (χ3v) is 5.07. The number of carbonyl (C=O) groups excluding carboxylic acids is 1. The van der Waals surface area contributed by atoms with Crippen LogP contribution in [0.25, 0.3) is 11.0 Å². The lowest BCUT2D eigenvalue weighted by Crippen LogP contribution is -2.58. The Morgan fingerprint density at radius 2 is 2.00 bits per heavy atom. The molecule has 0 spiro atoms. The zero-order chi connectivity index (χ0) is 22.9. The summed E-state index contributed by atoms with van der Waals surface area (Å²) in [6, 6.07) is 5.69. The van der Waals surface area contributed by atoms with E-state index in [1.165, 1.54) is 6.26 Å². The second-order valence-electron chi connectivity index (χ2n) is 7.27. The molecule has 4 rings (SSSR count). The van der Waals surface area contributed by atoms with Crippen LogP contribution in [-0.4, -0.2) is 63.6 Å². The highest BCUT2D eigenvalue weighted by molar-refractivity contribution is 5.97. The Bertz CT molecular complexity index is 1110. The predicted octanol–water partition coefficient (Wildman–Crippen LogP) is 1.57. The first-order chi connectivity index (χ1) is 15.2. The molecular formula is C20H19F3N4O5. The largest absolute Gasteiger partial charge is 0.464 e. The van der Waals surface area contributed by atoms with Crippen LogP contribution in [0.15, 0.2) is 47.3 Å². The monoisotopic (exact) mass is 452 g/mol. The maximum Gasteiger partial charge on any atom is 0.434 e. The van der Waals surface area contributed by atoms with Crippen LogP contribution in [0.2, 0.25) is 0 Å². The average molecular weight is 452 g/mol. The molecule has 4 atom stereocenters. The van der Waals surface area contributed by atoms with Crippen molar-refractivity contribution in [2.45, 2.75) is 30.5 Å². The molecule has 9 nitrogen and oxygen atoms in total. The second kappa shape index (κ2) is 8.73. The number of fused-ring (bicyclic) bond motifs is 1. The molecule has 1 aliphatic rings. The number of amides is 1. The van der Waals surface area contributed by atoms with E-state index < -0.39 is 42.1 Å². The molecule has 0 unspecified atom stereocenters. The van der Waals surface area contributed by atoms with E-state index in [1.807, 2.05) is 0 Å². The number of ether oxygens (including phenoxy) is 1. The Kier molecular flexibility index (Phi) is 6.00. The predicted molar refractivity (Wildman–Crippen MR) is 105 cm³/mol. The van der Waals surface area contributed by atoms with Crippen LogP contribution >= 0.6 is 0 Å². The van der Waals surface area contributed by atoms with Crippen molar-refractivity contribution in [1.82, 2.24) is 15.3 Å². The van der Waals surface area contributed by atoms with Gasteiger partial charge in [0.1, 0.15) is 29.7 Å². The van der Waals surface area contributed by atoms with Crippen LogP contribution in [0.5, 0.6) is 0 Å². The minimum absolute atomic E-state index is 0.0867. The summed E-state index contributed by atoms with van der Waals surface area (Å²) >= 11 is 0. The molecule has 2 aromatic heterocycles. The fourth-order valence-corrected chi connectivity index (χ4v) is 3.35. The standard InChI is InChI=1S/C20H19F3N4O5/c21-20(22,23)15-7-24-8-16(27-15)26-12-9-32-14(18(29)17(12)28)6-25-19(30)11-1-2-13-10(5-11)3-4-31-13/h1-5,7-8,12,14,17-18,28-29H,6,9H2,(H,25,30)(H,26,27)/t12-,14+,17+,18-/m0/s1. The molecule has 0 saturated carbocycles. The molecule has 1 amide bonds. The van der Waals surface area contributed by atoms with Crippen LogP contribution in [0, 0.1) is 0 Å². The quantitative estimate of drug-likeness (QED) is 0.459. The van der Waals surface area contributed by atoms with Gasteiger partial charge in [-0.2, -0.15) is 13.2 Å². The van der Waals surface area contributed by atoms with Crippen LogP contribution in [0.4, 0.5) is 19.0 Å². The van der Waals surface area contributed by atoms with E-state index in [0.29, 0.717) is 17.3 Å². The molecule has 1 aliphatic heterocycles. The van der Waals surface area contributed by atoms with Gasteiger partial charge in [0, 0.05) is 17.5 Å². The Morgan fingerprint density at radius 1 is 1.19 bits per heavy atom. The van der Waals surface area contributed by atoms with Crippen LogP contribution < -0.4 is 10.6 Å². The smallest absolute Gasteiger partial charge is 0.434 e. The summed E-state index contributed by atoms with van der Waals surface area (Å²) in [6.45, 7) is -0.228. The number of carbonyl (C=O) groups is 1. The summed E-state index contributed by atoms with van der Waals surface area (Å²) in [5.74, 6) is -0.626. The normalized spacial score (nSPS) is 23.8. The Hall–Kier alpha value is -3.22. The Labute approximate surface area is 179 Å². The minimum Gasteiger partial charge on any atom is -0.464 e. The summed E-state index contributed by atoms with van der Waals surface area (Å²) in [5.41, 5.74) is -0.171. The molecule has 3 heterocycles. The van der Waals surface area contributed by atoms with Gasteiger partial charge in [-0.3, -0.25) is 9.78 Å². The van der Waals surface area contributed by atoms with Gasteiger partial charge < -0.3 is 30.0 Å². The van der Waals surface area contributed by atoms with Crippen molar-refractivity contribution in [3.63, 3.8) is 0 Å². The molecule has 0 bridgehead atoms. The topological polar surface area (TPSA) is 130 Å². The van der Waals surface area contributed by atoms with E-state index in [0.717, 1.165) is 11.6 Å². The third-order valence-electron chi connectivity index (χ3n) is 5.07. The summed E-state index contributed by atoms with van der Waals surface area (Å²) in [7, 11) is 0. The molecule has 1 fully saturated rings. The van der Waals surface area contributed by atoms with Gasteiger partial charge in [-0.25, -0.2) is 4.98 Å². The van der Waals surface area contributed by atoms with Gasteiger partial charge in [-0.1, -0.05) is 0 Å². The van der Waals surface area contributed by atoms with Crippen LogP contribution in [-0.2, 0) is 10.9 Å². The number of benzene rings is 1. The number of halogens is 3. The lowest BCUT2D eigenvalue weighted by Gasteiger charge is -2.38. The third kappa shape index (κ3) is 4.66. The number of aliphatic hydroxyl groups is 2. The number of nitrogens with zero attached hydrogens (tertiary/aromatic N) is 2. The first-order valence-corrected chi connectivity index (χ1v) is 9.61. The van der Waals surface area contributed by atoms with Gasteiger partial charge in [0.15, 0.2) is 5.69 Å². The lowest BCUT2D eigenvalue weighted by atomic mass is 9.98. The number of hydrogen-bond acceptors (Lipinski definition) is 8. The fourth-order valence-electron chi connectivity index (χ4n) is 3.35. The van der Waals surface area contributed by atoms with Crippen molar-refractivity contribution in [3.05, 3.63) is 54.2 Å². The van der Waals surface area contributed by atoms with E-state index in [2.05, 4.69) is 20.6 Å². The highest BCUT2D eigenvalue weighted by Gasteiger charge is 2.39. The van der Waals surface area contributed by atoms with Crippen molar-refractivity contribution in [2.24, 2.45) is 0 Å². The molecule has 12 heteroatoms. The Morgan fingerprint density at radius 3 is 2.78 bits per heavy atom. The van der Waals surface area contributed by atoms with Gasteiger partial charge in [0.05, 0.1) is 31.3 Å². The number of furan rings is 1. The van der Waals surface area contributed by atoms with E-state index in [4.69, 9.17) is 9.15 Å². The number of alkyl halides is 3. The zero-order valence-electron chi connectivity index (χ0n) is 16.4. The minimum atomic E-state index is -4.67. The molecule has 1 saturated heterocycles. The molecule has 4 N–H and O–H groups in total. The first kappa shape index (κ1) is 22.0. The Balaban J connectivity index is 1.34. The number of hydrogen-bond donors (Lipinski definition) is 4. The van der Waals surface area contributed by atoms with Crippen molar-refractivity contribution < 1.29 is 37.3 Å². The molecule has 170 valence electrons. The fraction of sp³-hybridized carbons (Fsp3) is 0.350. The van der Waals surface area contributed by atoms with Crippen molar-refractivity contribution >= 4 is 22.7 Å². The number of rotatable bonds is 5. The molecule has 32 heavy (non-hydrogen) atoms. The lowest BCUT2D eigenvalue weighted by molar-refractivity contribution is -0.141. The van der Waals surface area contributed by atoms with E-state index in [-0.39, 0.29) is 19.0 Å². The number of aromatic nitrogens is 2. The zero-order valence-corrected chi connectivity index (χ0v) is 16.4. The molecule has 3 aromatic rings. The van der Waals surface area contributed by atoms with E-state index >= 15 is 0 Å². The summed E-state index contributed by atoms with van der Waals surface area (Å²) < 4.78 is 49.1. The average Bonchev–Trinajstić information content (AvgIpc) is 3.24. The summed E-state index contributed by atoms with van der Waals surface area (Å²) in [4.78, 5) is 19.3. The highest BCUT2D eigenvalue weighted by Crippen LogP contribution is 2.28. The first-order valence-electron chi connectivity index (χ1n) is 9.61. The van der Waals surface area contributed by atoms with Crippen LogP contribution in [0.3, 0.4) is 0 Å². The van der Waals surface area contributed by atoms with Crippen molar-refractivity contribution in [1.29, 1.82) is 0 Å².